The molecule has 0 saturated carbocycles. The summed E-state index contributed by atoms with van der Waals surface area (Å²) in [7, 11) is 1.72. The summed E-state index contributed by atoms with van der Waals surface area (Å²) in [4.78, 5) is 15.7. The average molecular weight is 239 g/mol. The van der Waals surface area contributed by atoms with Gasteiger partial charge in [-0.05, 0) is 28.1 Å². The molecule has 0 atom stereocenters. The van der Waals surface area contributed by atoms with Gasteiger partial charge in [-0.1, -0.05) is 0 Å². The van der Waals surface area contributed by atoms with Gasteiger partial charge < -0.3 is 4.57 Å². The summed E-state index contributed by atoms with van der Waals surface area (Å²) in [6, 6.07) is 3.60. The van der Waals surface area contributed by atoms with Crippen molar-refractivity contribution in [2.45, 2.75) is 0 Å². The largest absolute Gasteiger partial charge is 0.318 e. The number of halogens is 1. The van der Waals surface area contributed by atoms with E-state index in [-0.39, 0.29) is 5.56 Å². The van der Waals surface area contributed by atoms with Crippen molar-refractivity contribution in [3.05, 3.63) is 39.4 Å². The van der Waals surface area contributed by atoms with E-state index in [1.165, 1.54) is 4.57 Å². The van der Waals surface area contributed by atoms with Crippen LogP contribution in [-0.4, -0.2) is 9.55 Å². The number of rotatable bonds is 0. The van der Waals surface area contributed by atoms with Crippen molar-refractivity contribution >= 4 is 26.8 Å². The highest BCUT2D eigenvalue weighted by atomic mass is 79.9. The summed E-state index contributed by atoms with van der Waals surface area (Å²) >= 11 is 3.28. The van der Waals surface area contributed by atoms with Crippen molar-refractivity contribution < 1.29 is 0 Å². The van der Waals surface area contributed by atoms with Gasteiger partial charge in [0.15, 0.2) is 0 Å². The second-order valence-corrected chi connectivity index (χ2v) is 3.73. The van der Waals surface area contributed by atoms with Crippen molar-refractivity contribution in [1.29, 1.82) is 0 Å². The number of nitrogens with zero attached hydrogens (tertiary/aromatic N) is 2. The Labute approximate surface area is 83.2 Å². The van der Waals surface area contributed by atoms with E-state index in [9.17, 15) is 4.79 Å². The van der Waals surface area contributed by atoms with Gasteiger partial charge in [-0.25, -0.2) is 0 Å². The molecule has 0 unspecified atom stereocenters. The van der Waals surface area contributed by atoms with Crippen molar-refractivity contribution in [2.24, 2.45) is 7.05 Å². The van der Waals surface area contributed by atoms with Crippen molar-refractivity contribution in [2.75, 3.05) is 0 Å². The summed E-state index contributed by atoms with van der Waals surface area (Å²) in [6.45, 7) is 0. The SMILES string of the molecule is Cn1ccc2ncc(Br)cc2c1=O. The zero-order valence-electron chi connectivity index (χ0n) is 6.99. The highest BCUT2D eigenvalue weighted by Gasteiger charge is 2.00. The molecule has 0 aliphatic carbocycles. The number of aromatic nitrogens is 2. The van der Waals surface area contributed by atoms with Gasteiger partial charge >= 0.3 is 0 Å². The molecule has 0 amide bonds. The molecule has 0 bridgehead atoms. The lowest BCUT2D eigenvalue weighted by Gasteiger charge is -1.99. The Kier molecular flexibility index (Phi) is 1.92. The molecule has 2 rings (SSSR count). The number of fused-ring (bicyclic) bond motifs is 1. The Morgan fingerprint density at radius 1 is 1.54 bits per heavy atom. The van der Waals surface area contributed by atoms with Crippen LogP contribution in [0.15, 0.2) is 33.8 Å². The van der Waals surface area contributed by atoms with Crippen LogP contribution in [0.3, 0.4) is 0 Å². The maximum absolute atomic E-state index is 11.6. The molecule has 13 heavy (non-hydrogen) atoms. The van der Waals surface area contributed by atoms with Gasteiger partial charge in [0.25, 0.3) is 5.56 Å². The second-order valence-electron chi connectivity index (χ2n) is 2.82. The molecule has 0 aliphatic rings. The highest BCUT2D eigenvalue weighted by Crippen LogP contribution is 2.13. The first kappa shape index (κ1) is 8.44. The van der Waals surface area contributed by atoms with Gasteiger partial charge in [0.2, 0.25) is 0 Å². The van der Waals surface area contributed by atoms with Gasteiger partial charge in [0.05, 0.1) is 10.9 Å². The molecular formula is C9H7BrN2O. The fourth-order valence-electron chi connectivity index (χ4n) is 1.19. The minimum atomic E-state index is -0.0219. The van der Waals surface area contributed by atoms with Crippen LogP contribution >= 0.6 is 15.9 Å². The van der Waals surface area contributed by atoms with Crippen molar-refractivity contribution in [3.8, 4) is 0 Å². The van der Waals surface area contributed by atoms with Crippen LogP contribution < -0.4 is 5.56 Å². The van der Waals surface area contributed by atoms with Gasteiger partial charge in [-0.2, -0.15) is 0 Å². The van der Waals surface area contributed by atoms with Crippen LogP contribution in [0.25, 0.3) is 10.9 Å². The molecule has 0 aliphatic heterocycles. The molecule has 0 spiro atoms. The van der Waals surface area contributed by atoms with E-state index in [1.54, 1.807) is 25.5 Å². The Bertz CT molecular complexity index is 513. The third kappa shape index (κ3) is 1.37. The predicted octanol–water partition coefficient (Wildman–Crippen LogP) is 1.70. The van der Waals surface area contributed by atoms with E-state index in [0.29, 0.717) is 5.39 Å². The highest BCUT2D eigenvalue weighted by molar-refractivity contribution is 9.10. The van der Waals surface area contributed by atoms with Gasteiger partial charge in [-0.3, -0.25) is 9.78 Å². The minimum Gasteiger partial charge on any atom is -0.318 e. The summed E-state index contributed by atoms with van der Waals surface area (Å²) in [5.74, 6) is 0. The first-order valence-electron chi connectivity index (χ1n) is 3.79. The maximum atomic E-state index is 11.6. The molecule has 2 aromatic rings. The summed E-state index contributed by atoms with van der Waals surface area (Å²) in [5.41, 5.74) is 0.706. The maximum Gasteiger partial charge on any atom is 0.259 e. The predicted molar refractivity (Wildman–Crippen MR) is 54.7 cm³/mol. The lowest BCUT2D eigenvalue weighted by Crippen LogP contribution is -2.15. The summed E-state index contributed by atoms with van der Waals surface area (Å²) in [5, 5.41) is 0.638. The fourth-order valence-corrected chi connectivity index (χ4v) is 1.53. The van der Waals surface area contributed by atoms with Crippen molar-refractivity contribution in [1.82, 2.24) is 9.55 Å². The smallest absolute Gasteiger partial charge is 0.259 e. The monoisotopic (exact) mass is 238 g/mol. The molecular weight excluding hydrogens is 232 g/mol. The molecule has 4 heteroatoms. The molecule has 3 nitrogen and oxygen atoms in total. The Hall–Kier alpha value is -1.16. The number of aryl methyl sites for hydroxylation is 1. The van der Waals surface area contributed by atoms with E-state index in [4.69, 9.17) is 0 Å². The van der Waals surface area contributed by atoms with E-state index >= 15 is 0 Å². The minimum absolute atomic E-state index is 0.0219. The van der Waals surface area contributed by atoms with Gasteiger partial charge in [-0.15, -0.1) is 0 Å². The normalized spacial score (nSPS) is 10.6. The third-order valence-electron chi connectivity index (χ3n) is 1.89. The number of pyridine rings is 2. The molecule has 0 aromatic carbocycles. The lowest BCUT2D eigenvalue weighted by molar-refractivity contribution is 0.872. The zero-order chi connectivity index (χ0) is 9.42. The molecule has 2 aromatic heterocycles. The zero-order valence-corrected chi connectivity index (χ0v) is 8.58. The van der Waals surface area contributed by atoms with Crippen LogP contribution in [0.1, 0.15) is 0 Å². The topological polar surface area (TPSA) is 34.9 Å². The summed E-state index contributed by atoms with van der Waals surface area (Å²) < 4.78 is 2.36. The lowest BCUT2D eigenvalue weighted by atomic mass is 10.3. The average Bonchev–Trinajstić information content (AvgIpc) is 2.12. The standard InChI is InChI=1S/C9H7BrN2O/c1-12-3-2-8-7(9(12)13)4-6(10)5-11-8/h2-5H,1H3. The van der Waals surface area contributed by atoms with Crippen LogP contribution in [0.2, 0.25) is 0 Å². The molecule has 0 radical (unpaired) electrons. The molecule has 0 saturated heterocycles. The fraction of sp³-hybridized carbons (Fsp3) is 0.111. The molecule has 66 valence electrons. The summed E-state index contributed by atoms with van der Waals surface area (Å²) in [6.07, 6.45) is 3.40. The molecule has 0 N–H and O–H groups in total. The second kappa shape index (κ2) is 2.96. The Morgan fingerprint density at radius 2 is 2.31 bits per heavy atom. The Morgan fingerprint density at radius 3 is 3.08 bits per heavy atom. The third-order valence-corrected chi connectivity index (χ3v) is 2.33. The van der Waals surface area contributed by atoms with E-state index in [1.807, 2.05) is 6.07 Å². The van der Waals surface area contributed by atoms with E-state index < -0.39 is 0 Å². The van der Waals surface area contributed by atoms with Crippen LogP contribution in [0, 0.1) is 0 Å². The Balaban J connectivity index is 2.97. The van der Waals surface area contributed by atoms with Crippen LogP contribution in [0.5, 0.6) is 0 Å². The molecule has 0 fully saturated rings. The first-order chi connectivity index (χ1) is 6.18. The molecule has 2 heterocycles. The van der Waals surface area contributed by atoms with Gasteiger partial charge in [0.1, 0.15) is 0 Å². The van der Waals surface area contributed by atoms with Gasteiger partial charge in [0, 0.05) is 23.9 Å². The van der Waals surface area contributed by atoms with Crippen molar-refractivity contribution in [3.63, 3.8) is 0 Å². The van der Waals surface area contributed by atoms with Crippen LogP contribution in [0.4, 0.5) is 0 Å². The quantitative estimate of drug-likeness (QED) is 0.701. The van der Waals surface area contributed by atoms with E-state index in [0.717, 1.165) is 9.99 Å². The number of hydrogen-bond donors (Lipinski definition) is 0. The first-order valence-corrected chi connectivity index (χ1v) is 4.58. The van der Waals surface area contributed by atoms with E-state index in [2.05, 4.69) is 20.9 Å². The number of hydrogen-bond acceptors (Lipinski definition) is 2. The van der Waals surface area contributed by atoms with Crippen LogP contribution in [-0.2, 0) is 7.05 Å².